The third kappa shape index (κ3) is 2.67. The summed E-state index contributed by atoms with van der Waals surface area (Å²) in [5.41, 5.74) is -0.0406. The molecule has 6 heteroatoms. The monoisotopic (exact) mass is 247 g/mol. The van der Waals surface area contributed by atoms with Crippen LogP contribution < -0.4 is 4.74 Å². The summed E-state index contributed by atoms with van der Waals surface area (Å²) in [7, 11) is 0. The molecule has 0 unspecified atom stereocenters. The maximum Gasteiger partial charge on any atom is 0.269 e. The number of non-ortho nitro benzene ring substituents is 1. The maximum atomic E-state index is 10.5. The standard InChI is InChI=1S/C12H9NO5/c14-9-5-10(15)7-12(6-9)18-11-3-1-8(2-4-11)13(16)17/h1-7,14-15H. The van der Waals surface area contributed by atoms with Crippen molar-refractivity contribution >= 4 is 5.69 Å². The number of hydrogen-bond acceptors (Lipinski definition) is 5. The molecule has 6 nitrogen and oxygen atoms in total. The van der Waals surface area contributed by atoms with Crippen LogP contribution in [0.4, 0.5) is 5.69 Å². The van der Waals surface area contributed by atoms with Crippen molar-refractivity contribution in [3.63, 3.8) is 0 Å². The van der Waals surface area contributed by atoms with Crippen LogP contribution in [0, 0.1) is 10.1 Å². The lowest BCUT2D eigenvalue weighted by Crippen LogP contribution is -1.88. The molecule has 0 aliphatic heterocycles. The fraction of sp³-hybridized carbons (Fsp3) is 0. The highest BCUT2D eigenvalue weighted by Gasteiger charge is 2.06. The summed E-state index contributed by atoms with van der Waals surface area (Å²) < 4.78 is 5.33. The highest BCUT2D eigenvalue weighted by atomic mass is 16.6. The van der Waals surface area contributed by atoms with Crippen LogP contribution in [-0.2, 0) is 0 Å². The van der Waals surface area contributed by atoms with Crippen molar-refractivity contribution < 1.29 is 19.9 Å². The second-order valence-corrected chi connectivity index (χ2v) is 3.54. The number of hydrogen-bond donors (Lipinski definition) is 2. The van der Waals surface area contributed by atoms with Crippen LogP contribution >= 0.6 is 0 Å². The molecule has 0 aliphatic carbocycles. The first-order valence-corrected chi connectivity index (χ1v) is 5.00. The third-order valence-corrected chi connectivity index (χ3v) is 2.16. The molecule has 0 heterocycles. The van der Waals surface area contributed by atoms with Gasteiger partial charge >= 0.3 is 0 Å². The predicted molar refractivity (Wildman–Crippen MR) is 62.9 cm³/mol. The molecule has 0 fully saturated rings. The van der Waals surface area contributed by atoms with Crippen LogP contribution in [0.2, 0.25) is 0 Å². The van der Waals surface area contributed by atoms with E-state index < -0.39 is 4.92 Å². The Kier molecular flexibility index (Phi) is 3.01. The fourth-order valence-corrected chi connectivity index (χ4v) is 1.40. The molecule has 0 bridgehead atoms. The quantitative estimate of drug-likeness (QED) is 0.642. The van der Waals surface area contributed by atoms with E-state index in [2.05, 4.69) is 0 Å². The smallest absolute Gasteiger partial charge is 0.269 e. The Hall–Kier alpha value is -2.76. The van der Waals surface area contributed by atoms with E-state index in [0.29, 0.717) is 5.75 Å². The zero-order chi connectivity index (χ0) is 13.1. The SMILES string of the molecule is O=[N+]([O-])c1ccc(Oc2cc(O)cc(O)c2)cc1. The molecule has 0 aliphatic rings. The van der Waals surface area contributed by atoms with Crippen molar-refractivity contribution in [3.8, 4) is 23.0 Å². The molecule has 0 amide bonds. The molecule has 18 heavy (non-hydrogen) atoms. The Morgan fingerprint density at radius 1 is 0.944 bits per heavy atom. The van der Waals surface area contributed by atoms with Gasteiger partial charge in [-0.15, -0.1) is 0 Å². The number of ether oxygens (including phenoxy) is 1. The number of nitro benzene ring substituents is 1. The van der Waals surface area contributed by atoms with Crippen molar-refractivity contribution in [3.05, 3.63) is 52.6 Å². The number of nitro groups is 1. The average molecular weight is 247 g/mol. The van der Waals surface area contributed by atoms with Crippen LogP contribution in [-0.4, -0.2) is 15.1 Å². The molecular formula is C12H9NO5. The molecule has 0 spiro atoms. The molecule has 0 saturated carbocycles. The van der Waals surface area contributed by atoms with Gasteiger partial charge in [-0.2, -0.15) is 0 Å². The zero-order valence-electron chi connectivity index (χ0n) is 9.11. The first-order chi connectivity index (χ1) is 8.54. The minimum Gasteiger partial charge on any atom is -0.508 e. The summed E-state index contributed by atoms with van der Waals surface area (Å²) in [6.45, 7) is 0. The van der Waals surface area contributed by atoms with Gasteiger partial charge in [-0.1, -0.05) is 0 Å². The van der Waals surface area contributed by atoms with Gasteiger partial charge in [0.25, 0.3) is 5.69 Å². The second-order valence-electron chi connectivity index (χ2n) is 3.54. The van der Waals surface area contributed by atoms with E-state index in [9.17, 15) is 20.3 Å². The highest BCUT2D eigenvalue weighted by Crippen LogP contribution is 2.30. The molecule has 0 atom stereocenters. The first-order valence-electron chi connectivity index (χ1n) is 5.00. The van der Waals surface area contributed by atoms with E-state index in [4.69, 9.17) is 4.74 Å². The summed E-state index contributed by atoms with van der Waals surface area (Å²) in [6, 6.07) is 9.28. The van der Waals surface area contributed by atoms with E-state index in [0.717, 1.165) is 0 Å². The van der Waals surface area contributed by atoms with Crippen LogP contribution in [0.5, 0.6) is 23.0 Å². The summed E-state index contributed by atoms with van der Waals surface area (Å²) >= 11 is 0. The number of nitrogens with zero attached hydrogens (tertiary/aromatic N) is 1. The molecule has 0 radical (unpaired) electrons. The Balaban J connectivity index is 2.20. The van der Waals surface area contributed by atoms with Crippen molar-refractivity contribution in [1.29, 1.82) is 0 Å². The van der Waals surface area contributed by atoms with E-state index in [1.54, 1.807) is 0 Å². The zero-order valence-corrected chi connectivity index (χ0v) is 9.11. The lowest BCUT2D eigenvalue weighted by Gasteiger charge is -2.06. The van der Waals surface area contributed by atoms with Gasteiger partial charge in [-0.05, 0) is 12.1 Å². The van der Waals surface area contributed by atoms with Gasteiger partial charge in [0.05, 0.1) is 4.92 Å². The number of aromatic hydroxyl groups is 2. The normalized spacial score (nSPS) is 10.0. The Morgan fingerprint density at radius 2 is 1.50 bits per heavy atom. The second kappa shape index (κ2) is 4.62. The minimum atomic E-state index is -0.510. The maximum absolute atomic E-state index is 10.5. The molecule has 2 rings (SSSR count). The molecule has 92 valence electrons. The van der Waals surface area contributed by atoms with Gasteiger partial charge in [0.2, 0.25) is 0 Å². The summed E-state index contributed by atoms with van der Waals surface area (Å²) in [5, 5.41) is 29.0. The number of rotatable bonds is 3. The summed E-state index contributed by atoms with van der Waals surface area (Å²) in [5.74, 6) is 0.339. The van der Waals surface area contributed by atoms with Gasteiger partial charge in [0.15, 0.2) is 0 Å². The molecule has 0 saturated heterocycles. The molecular weight excluding hydrogens is 238 g/mol. The topological polar surface area (TPSA) is 92.8 Å². The van der Waals surface area contributed by atoms with Gasteiger partial charge < -0.3 is 14.9 Å². The third-order valence-electron chi connectivity index (χ3n) is 2.16. The van der Waals surface area contributed by atoms with Crippen molar-refractivity contribution in [2.24, 2.45) is 0 Å². The van der Waals surface area contributed by atoms with Gasteiger partial charge in [-0.25, -0.2) is 0 Å². The first kappa shape index (κ1) is 11.7. The van der Waals surface area contributed by atoms with Crippen molar-refractivity contribution in [1.82, 2.24) is 0 Å². The average Bonchev–Trinajstić information content (AvgIpc) is 2.28. The lowest BCUT2D eigenvalue weighted by molar-refractivity contribution is -0.384. The summed E-state index contributed by atoms with van der Waals surface area (Å²) in [6.07, 6.45) is 0. The molecule has 2 N–H and O–H groups in total. The number of benzene rings is 2. The van der Waals surface area contributed by atoms with Crippen LogP contribution in [0.15, 0.2) is 42.5 Å². The molecule has 0 aromatic heterocycles. The largest absolute Gasteiger partial charge is 0.508 e. The van der Waals surface area contributed by atoms with Crippen LogP contribution in [0.1, 0.15) is 0 Å². The van der Waals surface area contributed by atoms with Crippen molar-refractivity contribution in [2.75, 3.05) is 0 Å². The van der Waals surface area contributed by atoms with E-state index in [1.165, 1.54) is 42.5 Å². The minimum absolute atomic E-state index is 0.0406. The Labute approximate surface area is 102 Å². The van der Waals surface area contributed by atoms with E-state index >= 15 is 0 Å². The number of phenols is 2. The Morgan fingerprint density at radius 3 is 2.00 bits per heavy atom. The van der Waals surface area contributed by atoms with Gasteiger partial charge in [-0.3, -0.25) is 10.1 Å². The lowest BCUT2D eigenvalue weighted by atomic mass is 10.3. The van der Waals surface area contributed by atoms with Crippen LogP contribution in [0.3, 0.4) is 0 Å². The molecule has 2 aromatic rings. The van der Waals surface area contributed by atoms with Crippen LogP contribution in [0.25, 0.3) is 0 Å². The van der Waals surface area contributed by atoms with Gasteiger partial charge in [0, 0.05) is 30.3 Å². The Bertz CT molecular complexity index is 559. The fourth-order valence-electron chi connectivity index (χ4n) is 1.40. The van der Waals surface area contributed by atoms with Crippen molar-refractivity contribution in [2.45, 2.75) is 0 Å². The highest BCUT2D eigenvalue weighted by molar-refractivity contribution is 5.44. The van der Waals surface area contributed by atoms with Gasteiger partial charge in [0.1, 0.15) is 23.0 Å². The van der Waals surface area contributed by atoms with E-state index in [-0.39, 0.29) is 22.9 Å². The number of phenolic OH excluding ortho intramolecular Hbond substituents is 2. The summed E-state index contributed by atoms with van der Waals surface area (Å²) in [4.78, 5) is 9.95. The molecule has 2 aromatic carbocycles. The predicted octanol–water partition coefficient (Wildman–Crippen LogP) is 2.80. The van der Waals surface area contributed by atoms with E-state index in [1.807, 2.05) is 0 Å².